The first-order valence-electron chi connectivity index (χ1n) is 8.67. The molecule has 4 nitrogen and oxygen atoms in total. The van der Waals surface area contributed by atoms with Crippen LogP contribution in [0.3, 0.4) is 0 Å². The van der Waals surface area contributed by atoms with Crippen LogP contribution in [0.5, 0.6) is 5.88 Å². The Morgan fingerprint density at radius 1 is 1.12 bits per heavy atom. The van der Waals surface area contributed by atoms with Gasteiger partial charge >= 0.3 is 0 Å². The quantitative estimate of drug-likeness (QED) is 0.877. The third kappa shape index (κ3) is 4.73. The van der Waals surface area contributed by atoms with E-state index in [1.165, 1.54) is 5.56 Å². The lowest BCUT2D eigenvalue weighted by atomic mass is 9.92. The van der Waals surface area contributed by atoms with Gasteiger partial charge in [-0.15, -0.1) is 0 Å². The molecule has 1 saturated carbocycles. The molecule has 3 rings (SSSR count). The zero-order chi connectivity index (χ0) is 17.8. The summed E-state index contributed by atoms with van der Waals surface area (Å²) in [4.78, 5) is 16.6. The van der Waals surface area contributed by atoms with Crippen LogP contribution in [0.1, 0.15) is 47.2 Å². The first-order chi connectivity index (χ1) is 12.0. The van der Waals surface area contributed by atoms with E-state index in [0.717, 1.165) is 36.8 Å². The van der Waals surface area contributed by atoms with E-state index in [1.54, 1.807) is 18.3 Å². The first kappa shape index (κ1) is 17.7. The molecule has 1 aromatic heterocycles. The number of rotatable bonds is 4. The number of carbonyl (C=O) groups is 1. The van der Waals surface area contributed by atoms with Crippen LogP contribution in [0.25, 0.3) is 0 Å². The molecule has 1 N–H and O–H groups in total. The van der Waals surface area contributed by atoms with Gasteiger partial charge in [-0.1, -0.05) is 17.7 Å². The van der Waals surface area contributed by atoms with Crippen molar-refractivity contribution in [3.63, 3.8) is 0 Å². The Morgan fingerprint density at radius 2 is 1.88 bits per heavy atom. The maximum atomic E-state index is 12.4. The van der Waals surface area contributed by atoms with Crippen LogP contribution in [0.15, 0.2) is 36.5 Å². The average Bonchev–Trinajstić information content (AvgIpc) is 2.61. The molecular weight excluding hydrogens is 336 g/mol. The highest BCUT2D eigenvalue weighted by Crippen LogP contribution is 2.24. The molecule has 0 atom stereocenters. The Balaban J connectivity index is 1.49. The summed E-state index contributed by atoms with van der Waals surface area (Å²) in [5.41, 5.74) is 3.07. The lowest BCUT2D eigenvalue weighted by molar-refractivity contribution is 0.0890. The molecule has 0 aliphatic heterocycles. The first-order valence-corrected chi connectivity index (χ1v) is 9.05. The molecule has 1 aromatic carbocycles. The van der Waals surface area contributed by atoms with Crippen molar-refractivity contribution in [2.75, 3.05) is 0 Å². The van der Waals surface area contributed by atoms with Gasteiger partial charge in [-0.3, -0.25) is 4.79 Å². The second kappa shape index (κ2) is 7.87. The number of halogens is 1. The van der Waals surface area contributed by atoms with E-state index in [-0.39, 0.29) is 18.1 Å². The van der Waals surface area contributed by atoms with E-state index in [0.29, 0.717) is 10.9 Å². The number of amides is 1. The van der Waals surface area contributed by atoms with Gasteiger partial charge in [0.1, 0.15) is 6.10 Å². The van der Waals surface area contributed by atoms with E-state index in [4.69, 9.17) is 16.3 Å². The predicted octanol–water partition coefficient (Wildman–Crippen LogP) is 4.47. The predicted molar refractivity (Wildman–Crippen MR) is 99.3 cm³/mol. The largest absolute Gasteiger partial charge is 0.474 e. The molecule has 132 valence electrons. The summed E-state index contributed by atoms with van der Waals surface area (Å²) in [5.74, 6) is 0.610. The summed E-state index contributed by atoms with van der Waals surface area (Å²) < 4.78 is 5.89. The van der Waals surface area contributed by atoms with Crippen molar-refractivity contribution >= 4 is 17.5 Å². The molecule has 0 saturated heterocycles. The minimum absolute atomic E-state index is 0.00633. The molecule has 25 heavy (non-hydrogen) atoms. The summed E-state index contributed by atoms with van der Waals surface area (Å²) in [7, 11) is 0. The van der Waals surface area contributed by atoms with Crippen LogP contribution < -0.4 is 10.1 Å². The molecule has 0 bridgehead atoms. The summed E-state index contributed by atoms with van der Waals surface area (Å²) in [6, 6.07) is 9.60. The normalized spacial score (nSPS) is 20.1. The molecule has 1 heterocycles. The average molecular weight is 359 g/mol. The lowest BCUT2D eigenvalue weighted by Crippen LogP contribution is -2.39. The van der Waals surface area contributed by atoms with E-state index in [9.17, 15) is 4.79 Å². The molecule has 0 unspecified atom stereocenters. The van der Waals surface area contributed by atoms with Crippen molar-refractivity contribution in [1.82, 2.24) is 10.3 Å². The summed E-state index contributed by atoms with van der Waals surface area (Å²) >= 11 is 5.83. The van der Waals surface area contributed by atoms with E-state index >= 15 is 0 Å². The van der Waals surface area contributed by atoms with Crippen molar-refractivity contribution in [2.45, 2.75) is 51.7 Å². The van der Waals surface area contributed by atoms with Gasteiger partial charge in [-0.2, -0.15) is 0 Å². The van der Waals surface area contributed by atoms with Gasteiger partial charge in [-0.05, 0) is 68.9 Å². The summed E-state index contributed by atoms with van der Waals surface area (Å²) in [5, 5.41) is 3.75. The third-order valence-corrected chi connectivity index (χ3v) is 4.99. The number of hydrogen-bond acceptors (Lipinski definition) is 3. The van der Waals surface area contributed by atoms with Gasteiger partial charge in [0.15, 0.2) is 0 Å². The van der Waals surface area contributed by atoms with Gasteiger partial charge in [-0.25, -0.2) is 4.98 Å². The van der Waals surface area contributed by atoms with Crippen LogP contribution in [0.4, 0.5) is 0 Å². The lowest BCUT2D eigenvalue weighted by Gasteiger charge is -2.29. The van der Waals surface area contributed by atoms with E-state index < -0.39 is 0 Å². The molecule has 1 fully saturated rings. The highest BCUT2D eigenvalue weighted by atomic mass is 35.5. The van der Waals surface area contributed by atoms with Crippen molar-refractivity contribution in [1.29, 1.82) is 0 Å². The number of pyridine rings is 1. The maximum absolute atomic E-state index is 12.4. The Bertz CT molecular complexity index is 738. The van der Waals surface area contributed by atoms with Gasteiger partial charge < -0.3 is 10.1 Å². The Labute approximate surface area is 153 Å². The van der Waals surface area contributed by atoms with E-state index in [2.05, 4.69) is 10.3 Å². The van der Waals surface area contributed by atoms with Gasteiger partial charge in [0.25, 0.3) is 5.91 Å². The van der Waals surface area contributed by atoms with Crippen LogP contribution in [-0.2, 0) is 0 Å². The molecule has 5 heteroatoms. The SMILES string of the molecule is Cc1ccc(C(=O)NC2CCC(Oc3ccc(Cl)cn3)CC2)cc1C. The number of aromatic nitrogens is 1. The number of nitrogens with zero attached hydrogens (tertiary/aromatic N) is 1. The third-order valence-electron chi connectivity index (χ3n) is 4.77. The van der Waals surface area contributed by atoms with E-state index in [1.807, 2.05) is 32.0 Å². The van der Waals surface area contributed by atoms with Crippen LogP contribution in [-0.4, -0.2) is 23.0 Å². The highest BCUT2D eigenvalue weighted by Gasteiger charge is 2.24. The Hall–Kier alpha value is -2.07. The highest BCUT2D eigenvalue weighted by molar-refractivity contribution is 6.30. The standard InChI is InChI=1S/C20H23ClN2O2/c1-13-3-4-15(11-14(13)2)20(24)23-17-6-8-18(9-7-17)25-19-10-5-16(21)12-22-19/h3-5,10-12,17-18H,6-9H2,1-2H3,(H,23,24). The fourth-order valence-corrected chi connectivity index (χ4v) is 3.19. The second-order valence-electron chi connectivity index (χ2n) is 6.68. The molecular formula is C20H23ClN2O2. The minimum Gasteiger partial charge on any atom is -0.474 e. The molecule has 1 aliphatic rings. The van der Waals surface area contributed by atoms with Crippen molar-refractivity contribution in [3.05, 3.63) is 58.2 Å². The molecule has 1 amide bonds. The smallest absolute Gasteiger partial charge is 0.251 e. The fourth-order valence-electron chi connectivity index (χ4n) is 3.08. The minimum atomic E-state index is 0.00633. The summed E-state index contributed by atoms with van der Waals surface area (Å²) in [6.45, 7) is 4.08. The van der Waals surface area contributed by atoms with Gasteiger partial charge in [0.05, 0.1) is 5.02 Å². The molecule has 0 spiro atoms. The van der Waals surface area contributed by atoms with Crippen molar-refractivity contribution < 1.29 is 9.53 Å². The van der Waals surface area contributed by atoms with Crippen LogP contribution in [0.2, 0.25) is 5.02 Å². The topological polar surface area (TPSA) is 51.2 Å². The van der Waals surface area contributed by atoms with Crippen molar-refractivity contribution in [2.24, 2.45) is 0 Å². The van der Waals surface area contributed by atoms with Crippen LogP contribution >= 0.6 is 11.6 Å². The van der Waals surface area contributed by atoms with Gasteiger partial charge in [0, 0.05) is 23.9 Å². The number of ether oxygens (including phenoxy) is 1. The maximum Gasteiger partial charge on any atom is 0.251 e. The van der Waals surface area contributed by atoms with Crippen LogP contribution in [0, 0.1) is 13.8 Å². The fraction of sp³-hybridized carbons (Fsp3) is 0.400. The monoisotopic (exact) mass is 358 g/mol. The second-order valence-corrected chi connectivity index (χ2v) is 7.12. The van der Waals surface area contributed by atoms with Crippen molar-refractivity contribution in [3.8, 4) is 5.88 Å². The zero-order valence-corrected chi connectivity index (χ0v) is 15.3. The molecule has 2 aromatic rings. The molecule has 1 aliphatic carbocycles. The number of nitrogens with one attached hydrogen (secondary N) is 1. The zero-order valence-electron chi connectivity index (χ0n) is 14.6. The summed E-state index contributed by atoms with van der Waals surface area (Å²) in [6.07, 6.45) is 5.36. The number of carbonyl (C=O) groups excluding carboxylic acids is 1. The molecule has 0 radical (unpaired) electrons. The van der Waals surface area contributed by atoms with Gasteiger partial charge in [0.2, 0.25) is 5.88 Å². The number of benzene rings is 1. The number of hydrogen-bond donors (Lipinski definition) is 1. The number of aryl methyl sites for hydroxylation is 2. The Morgan fingerprint density at radius 3 is 2.52 bits per heavy atom. The Kier molecular flexibility index (Phi) is 5.59.